The van der Waals surface area contributed by atoms with Crippen LogP contribution in [0.1, 0.15) is 18.7 Å². The molecule has 3 heterocycles. The molecule has 142 valence electrons. The minimum Gasteiger partial charge on any atom is -0.301 e. The molecule has 0 amide bonds. The van der Waals surface area contributed by atoms with E-state index in [0.717, 1.165) is 39.0 Å². The molecule has 0 saturated carbocycles. The predicted octanol–water partition coefficient (Wildman–Crippen LogP) is 1.85. The first-order valence-electron chi connectivity index (χ1n) is 9.33. The SMILES string of the molecule is Cc1nc2cc(F)ccc2c(=O)n1CC1CCN(CCn2nccn2)CC1. The third kappa shape index (κ3) is 3.90. The Morgan fingerprint density at radius 2 is 1.89 bits per heavy atom. The molecule has 0 atom stereocenters. The Bertz CT molecular complexity index is 976. The van der Waals surface area contributed by atoms with Crippen molar-refractivity contribution >= 4 is 10.9 Å². The summed E-state index contributed by atoms with van der Waals surface area (Å²) in [4.78, 5) is 21.4. The summed E-state index contributed by atoms with van der Waals surface area (Å²) in [5.74, 6) is 0.717. The van der Waals surface area contributed by atoms with Gasteiger partial charge in [-0.25, -0.2) is 9.37 Å². The Hall–Kier alpha value is -2.61. The quantitative estimate of drug-likeness (QED) is 0.686. The second-order valence-electron chi connectivity index (χ2n) is 7.15. The molecule has 0 spiro atoms. The molecule has 8 heteroatoms. The molecule has 2 aromatic heterocycles. The second kappa shape index (κ2) is 7.56. The molecule has 1 aliphatic heterocycles. The van der Waals surface area contributed by atoms with E-state index in [1.54, 1.807) is 21.8 Å². The largest absolute Gasteiger partial charge is 0.301 e. The van der Waals surface area contributed by atoms with Crippen molar-refractivity contribution in [2.45, 2.75) is 32.9 Å². The molecule has 4 rings (SSSR count). The van der Waals surface area contributed by atoms with Crippen molar-refractivity contribution < 1.29 is 4.39 Å². The molecule has 0 bridgehead atoms. The molecule has 27 heavy (non-hydrogen) atoms. The molecule has 0 N–H and O–H groups in total. The summed E-state index contributed by atoms with van der Waals surface area (Å²) in [6.45, 7) is 6.22. The Morgan fingerprint density at radius 1 is 1.15 bits per heavy atom. The molecule has 0 radical (unpaired) electrons. The van der Waals surface area contributed by atoms with Crippen LogP contribution in [-0.4, -0.2) is 49.1 Å². The molecule has 1 fully saturated rings. The number of halogens is 1. The van der Waals surface area contributed by atoms with Crippen LogP contribution in [0, 0.1) is 18.7 Å². The number of aryl methyl sites for hydroxylation is 1. The first kappa shape index (κ1) is 17.8. The Morgan fingerprint density at radius 3 is 2.63 bits per heavy atom. The van der Waals surface area contributed by atoms with Crippen molar-refractivity contribution in [3.05, 3.63) is 52.6 Å². The number of benzene rings is 1. The van der Waals surface area contributed by atoms with Gasteiger partial charge < -0.3 is 4.90 Å². The highest BCUT2D eigenvalue weighted by atomic mass is 19.1. The van der Waals surface area contributed by atoms with E-state index < -0.39 is 0 Å². The number of likely N-dealkylation sites (tertiary alicyclic amines) is 1. The summed E-state index contributed by atoms with van der Waals surface area (Å²) in [5.41, 5.74) is 0.348. The molecule has 7 nitrogen and oxygen atoms in total. The van der Waals surface area contributed by atoms with Gasteiger partial charge in [0.15, 0.2) is 0 Å². The molecule has 3 aromatic rings. The summed E-state index contributed by atoms with van der Waals surface area (Å²) < 4.78 is 15.1. The van der Waals surface area contributed by atoms with Crippen LogP contribution in [0.25, 0.3) is 10.9 Å². The smallest absolute Gasteiger partial charge is 0.261 e. The van der Waals surface area contributed by atoms with Crippen LogP contribution in [0.3, 0.4) is 0 Å². The number of hydrogen-bond donors (Lipinski definition) is 0. The van der Waals surface area contributed by atoms with E-state index in [1.165, 1.54) is 18.2 Å². The number of piperidine rings is 1. The number of nitrogens with zero attached hydrogens (tertiary/aromatic N) is 6. The highest BCUT2D eigenvalue weighted by Crippen LogP contribution is 2.20. The van der Waals surface area contributed by atoms with Crippen molar-refractivity contribution in [1.29, 1.82) is 0 Å². The van der Waals surface area contributed by atoms with Crippen molar-refractivity contribution in [1.82, 2.24) is 29.4 Å². The maximum absolute atomic E-state index is 13.4. The van der Waals surface area contributed by atoms with Crippen molar-refractivity contribution in [2.24, 2.45) is 5.92 Å². The summed E-state index contributed by atoms with van der Waals surface area (Å²) in [6.07, 6.45) is 5.47. The van der Waals surface area contributed by atoms with Crippen molar-refractivity contribution in [3.63, 3.8) is 0 Å². The summed E-state index contributed by atoms with van der Waals surface area (Å²) in [7, 11) is 0. The Kier molecular flexibility index (Phi) is 4.98. The average molecular weight is 370 g/mol. The lowest BCUT2D eigenvalue weighted by atomic mass is 9.96. The first-order valence-corrected chi connectivity index (χ1v) is 9.33. The van der Waals surface area contributed by atoms with E-state index in [4.69, 9.17) is 0 Å². The van der Waals surface area contributed by atoms with Crippen LogP contribution in [0.15, 0.2) is 35.4 Å². The molecule has 1 saturated heterocycles. The molecule has 0 aliphatic carbocycles. The highest BCUT2D eigenvalue weighted by Gasteiger charge is 2.21. The average Bonchev–Trinajstić information content (AvgIpc) is 3.18. The maximum atomic E-state index is 13.4. The predicted molar refractivity (Wildman–Crippen MR) is 99.9 cm³/mol. The van der Waals surface area contributed by atoms with Gasteiger partial charge in [0.25, 0.3) is 5.56 Å². The van der Waals surface area contributed by atoms with Gasteiger partial charge in [-0.15, -0.1) is 0 Å². The van der Waals surface area contributed by atoms with Gasteiger partial charge >= 0.3 is 0 Å². The molecule has 0 unspecified atom stereocenters. The monoisotopic (exact) mass is 370 g/mol. The van der Waals surface area contributed by atoms with Crippen LogP contribution in [0.2, 0.25) is 0 Å². The van der Waals surface area contributed by atoms with Gasteiger partial charge in [0.2, 0.25) is 0 Å². The molecule has 1 aliphatic rings. The fraction of sp³-hybridized carbons (Fsp3) is 0.474. The van der Waals surface area contributed by atoms with Crippen LogP contribution >= 0.6 is 0 Å². The topological polar surface area (TPSA) is 68.8 Å². The van der Waals surface area contributed by atoms with Gasteiger partial charge in [0.05, 0.1) is 29.8 Å². The van der Waals surface area contributed by atoms with Crippen molar-refractivity contribution in [3.8, 4) is 0 Å². The van der Waals surface area contributed by atoms with E-state index in [1.807, 2.05) is 6.92 Å². The molecular formula is C19H23FN6O. The zero-order chi connectivity index (χ0) is 18.8. The third-order valence-corrected chi connectivity index (χ3v) is 5.34. The van der Waals surface area contributed by atoms with Crippen LogP contribution < -0.4 is 5.56 Å². The lowest BCUT2D eigenvalue weighted by Crippen LogP contribution is -2.38. The van der Waals surface area contributed by atoms with Gasteiger partial charge in [-0.2, -0.15) is 15.0 Å². The summed E-state index contributed by atoms with van der Waals surface area (Å²) >= 11 is 0. The third-order valence-electron chi connectivity index (χ3n) is 5.34. The van der Waals surface area contributed by atoms with E-state index in [0.29, 0.717) is 29.2 Å². The lowest BCUT2D eigenvalue weighted by Gasteiger charge is -2.32. The first-order chi connectivity index (χ1) is 13.1. The van der Waals surface area contributed by atoms with E-state index in [9.17, 15) is 9.18 Å². The summed E-state index contributed by atoms with van der Waals surface area (Å²) in [6, 6.07) is 4.17. The van der Waals surface area contributed by atoms with Gasteiger partial charge in [-0.3, -0.25) is 9.36 Å². The summed E-state index contributed by atoms with van der Waals surface area (Å²) in [5, 5.41) is 8.74. The number of aromatic nitrogens is 5. The fourth-order valence-corrected chi connectivity index (χ4v) is 3.76. The van der Waals surface area contributed by atoms with Gasteiger partial charge in [0.1, 0.15) is 11.6 Å². The molecular weight excluding hydrogens is 347 g/mol. The standard InChI is InChI=1S/C19H23FN6O/c1-14-23-18-12-16(20)2-3-17(18)19(27)25(14)13-15-4-8-24(9-5-15)10-11-26-21-6-7-22-26/h2-3,6-7,12,15H,4-5,8-11,13H2,1H3. The van der Waals surface area contributed by atoms with Gasteiger partial charge in [-0.05, 0) is 50.9 Å². The zero-order valence-corrected chi connectivity index (χ0v) is 15.4. The van der Waals surface area contributed by atoms with Crippen molar-refractivity contribution in [2.75, 3.05) is 19.6 Å². The van der Waals surface area contributed by atoms with E-state index in [2.05, 4.69) is 20.1 Å². The Labute approximate surface area is 156 Å². The number of rotatable bonds is 5. The van der Waals surface area contributed by atoms with Gasteiger partial charge in [0, 0.05) is 19.2 Å². The van der Waals surface area contributed by atoms with Crippen LogP contribution in [0.5, 0.6) is 0 Å². The van der Waals surface area contributed by atoms with Crippen LogP contribution in [-0.2, 0) is 13.1 Å². The second-order valence-corrected chi connectivity index (χ2v) is 7.15. The van der Waals surface area contributed by atoms with Crippen LogP contribution in [0.4, 0.5) is 4.39 Å². The maximum Gasteiger partial charge on any atom is 0.261 e. The lowest BCUT2D eigenvalue weighted by molar-refractivity contribution is 0.164. The minimum absolute atomic E-state index is 0.0790. The Balaban J connectivity index is 1.40. The normalized spacial score (nSPS) is 16.2. The van der Waals surface area contributed by atoms with E-state index in [-0.39, 0.29) is 11.4 Å². The zero-order valence-electron chi connectivity index (χ0n) is 15.4. The van der Waals surface area contributed by atoms with E-state index >= 15 is 0 Å². The van der Waals surface area contributed by atoms with Gasteiger partial charge in [-0.1, -0.05) is 0 Å². The minimum atomic E-state index is -0.371. The highest BCUT2D eigenvalue weighted by molar-refractivity contribution is 5.77. The fourth-order valence-electron chi connectivity index (χ4n) is 3.76. The number of hydrogen-bond acceptors (Lipinski definition) is 5. The molecule has 1 aromatic carbocycles. The number of fused-ring (bicyclic) bond motifs is 1.